The van der Waals surface area contributed by atoms with Gasteiger partial charge in [0, 0.05) is 17.8 Å². The molecule has 7 nitrogen and oxygen atoms in total. The summed E-state index contributed by atoms with van der Waals surface area (Å²) in [7, 11) is -3.67. The molecular weight excluding hydrogens is 438 g/mol. The van der Waals surface area contributed by atoms with Crippen LogP contribution >= 0.6 is 0 Å². The molecule has 1 aromatic heterocycles. The Kier molecular flexibility index (Phi) is 6.74. The van der Waals surface area contributed by atoms with Crippen molar-refractivity contribution in [2.24, 2.45) is 0 Å². The predicted octanol–water partition coefficient (Wildman–Crippen LogP) is 4.45. The standard InChI is InChI=1S/C25H25N3O4S/c1-2-32-24(29)16-17-33(30,31)27-21-14-12-20(13-15-21)25-26-22-10-6-7-11-23(22)28(25)18-19-8-4-3-5-9-19/h3-15,27H,2,16-18H2,1H3. The molecule has 0 amide bonds. The molecule has 0 spiro atoms. The largest absolute Gasteiger partial charge is 0.466 e. The average molecular weight is 464 g/mol. The second-order valence-electron chi connectivity index (χ2n) is 7.55. The number of rotatable bonds is 9. The molecule has 0 atom stereocenters. The molecule has 4 rings (SSSR count). The first-order chi connectivity index (χ1) is 15.9. The number of esters is 1. The van der Waals surface area contributed by atoms with Crippen LogP contribution in [-0.4, -0.2) is 36.3 Å². The highest BCUT2D eigenvalue weighted by atomic mass is 32.2. The van der Waals surface area contributed by atoms with Gasteiger partial charge in [-0.1, -0.05) is 42.5 Å². The Labute approximate surface area is 193 Å². The van der Waals surface area contributed by atoms with Crippen molar-refractivity contribution in [3.63, 3.8) is 0 Å². The van der Waals surface area contributed by atoms with E-state index in [4.69, 9.17) is 9.72 Å². The maximum Gasteiger partial charge on any atom is 0.306 e. The van der Waals surface area contributed by atoms with E-state index in [1.165, 1.54) is 0 Å². The van der Waals surface area contributed by atoms with Crippen LogP contribution in [0, 0.1) is 0 Å². The fraction of sp³-hybridized carbons (Fsp3) is 0.200. The molecule has 0 fully saturated rings. The number of nitrogens with one attached hydrogen (secondary N) is 1. The van der Waals surface area contributed by atoms with Crippen molar-refractivity contribution in [2.45, 2.75) is 19.9 Å². The lowest BCUT2D eigenvalue weighted by Crippen LogP contribution is -2.19. The second-order valence-corrected chi connectivity index (χ2v) is 9.39. The first-order valence-electron chi connectivity index (χ1n) is 10.7. The van der Waals surface area contributed by atoms with E-state index in [-0.39, 0.29) is 18.8 Å². The summed E-state index contributed by atoms with van der Waals surface area (Å²) >= 11 is 0. The molecule has 0 aliphatic carbocycles. The van der Waals surface area contributed by atoms with Crippen molar-refractivity contribution in [3.8, 4) is 11.4 Å². The summed E-state index contributed by atoms with van der Waals surface area (Å²) in [5.74, 6) is -0.0622. The number of carbonyl (C=O) groups is 1. The molecule has 8 heteroatoms. The van der Waals surface area contributed by atoms with Gasteiger partial charge in [-0.05, 0) is 48.9 Å². The molecule has 33 heavy (non-hydrogen) atoms. The summed E-state index contributed by atoms with van der Waals surface area (Å²) < 4.78 is 34.1. The summed E-state index contributed by atoms with van der Waals surface area (Å²) in [4.78, 5) is 16.3. The fourth-order valence-electron chi connectivity index (χ4n) is 3.59. The Morgan fingerprint density at radius 3 is 2.39 bits per heavy atom. The summed E-state index contributed by atoms with van der Waals surface area (Å²) in [5.41, 5.74) is 4.38. The van der Waals surface area contributed by atoms with Gasteiger partial charge in [0.15, 0.2) is 0 Å². The number of ether oxygens (including phenoxy) is 1. The molecule has 0 aliphatic rings. The van der Waals surface area contributed by atoms with Gasteiger partial charge in [-0.2, -0.15) is 0 Å². The Hall–Kier alpha value is -3.65. The van der Waals surface area contributed by atoms with E-state index in [2.05, 4.69) is 21.4 Å². The van der Waals surface area contributed by atoms with Crippen LogP contribution in [0.5, 0.6) is 0 Å². The summed E-state index contributed by atoms with van der Waals surface area (Å²) in [6.07, 6.45) is -0.190. The zero-order chi connectivity index (χ0) is 23.3. The van der Waals surface area contributed by atoms with E-state index in [1.54, 1.807) is 19.1 Å². The van der Waals surface area contributed by atoms with Gasteiger partial charge in [0.25, 0.3) is 0 Å². The van der Waals surface area contributed by atoms with E-state index in [9.17, 15) is 13.2 Å². The van der Waals surface area contributed by atoms with Gasteiger partial charge in [0.2, 0.25) is 10.0 Å². The Morgan fingerprint density at radius 2 is 1.67 bits per heavy atom. The van der Waals surface area contributed by atoms with Crippen LogP contribution in [0.25, 0.3) is 22.4 Å². The molecule has 170 valence electrons. The van der Waals surface area contributed by atoms with Gasteiger partial charge >= 0.3 is 5.97 Å². The quantitative estimate of drug-likeness (QED) is 0.371. The number of fused-ring (bicyclic) bond motifs is 1. The van der Waals surface area contributed by atoms with E-state index in [1.807, 2.05) is 54.6 Å². The predicted molar refractivity (Wildman–Crippen MR) is 129 cm³/mol. The maximum absolute atomic E-state index is 12.3. The number of anilines is 1. The number of aromatic nitrogens is 2. The lowest BCUT2D eigenvalue weighted by Gasteiger charge is -2.11. The van der Waals surface area contributed by atoms with E-state index in [0.717, 1.165) is 28.0 Å². The first-order valence-corrected chi connectivity index (χ1v) is 12.4. The molecular formula is C25H25N3O4S. The van der Waals surface area contributed by atoms with Crippen molar-refractivity contribution in [1.29, 1.82) is 0 Å². The molecule has 0 bridgehead atoms. The highest BCUT2D eigenvalue weighted by molar-refractivity contribution is 7.92. The maximum atomic E-state index is 12.3. The highest BCUT2D eigenvalue weighted by Gasteiger charge is 2.16. The number of carbonyl (C=O) groups excluding carboxylic acids is 1. The minimum atomic E-state index is -3.67. The van der Waals surface area contributed by atoms with Gasteiger partial charge in [-0.25, -0.2) is 13.4 Å². The number of hydrogen-bond donors (Lipinski definition) is 1. The Bertz CT molecular complexity index is 1350. The highest BCUT2D eigenvalue weighted by Crippen LogP contribution is 2.27. The average Bonchev–Trinajstić information content (AvgIpc) is 3.17. The third-order valence-corrected chi connectivity index (χ3v) is 6.42. The second kappa shape index (κ2) is 9.87. The zero-order valence-electron chi connectivity index (χ0n) is 18.3. The topological polar surface area (TPSA) is 90.3 Å². The Balaban J connectivity index is 1.57. The monoisotopic (exact) mass is 463 g/mol. The number of nitrogens with zero attached hydrogens (tertiary/aromatic N) is 2. The van der Waals surface area contributed by atoms with Crippen LogP contribution in [0.3, 0.4) is 0 Å². The molecule has 0 aliphatic heterocycles. The van der Waals surface area contributed by atoms with Crippen LogP contribution in [-0.2, 0) is 26.1 Å². The van der Waals surface area contributed by atoms with Gasteiger partial charge < -0.3 is 9.30 Å². The lowest BCUT2D eigenvalue weighted by atomic mass is 10.2. The third kappa shape index (κ3) is 5.59. The molecule has 0 unspecified atom stereocenters. The molecule has 0 saturated heterocycles. The number of benzene rings is 3. The van der Waals surface area contributed by atoms with Crippen LogP contribution in [0.15, 0.2) is 78.9 Å². The first kappa shape index (κ1) is 22.5. The van der Waals surface area contributed by atoms with Crippen LogP contribution in [0.4, 0.5) is 5.69 Å². The Morgan fingerprint density at radius 1 is 0.970 bits per heavy atom. The van der Waals surface area contributed by atoms with Crippen molar-refractivity contribution in [2.75, 3.05) is 17.1 Å². The van der Waals surface area contributed by atoms with Crippen molar-refractivity contribution in [3.05, 3.63) is 84.4 Å². The molecule has 4 aromatic rings. The molecule has 1 N–H and O–H groups in total. The van der Waals surface area contributed by atoms with Crippen LogP contribution in [0.1, 0.15) is 18.9 Å². The van der Waals surface area contributed by atoms with E-state index in [0.29, 0.717) is 12.2 Å². The molecule has 0 saturated carbocycles. The third-order valence-electron chi connectivity index (χ3n) is 5.13. The zero-order valence-corrected chi connectivity index (χ0v) is 19.1. The lowest BCUT2D eigenvalue weighted by molar-refractivity contribution is -0.142. The number of sulfonamides is 1. The summed E-state index contributed by atoms with van der Waals surface area (Å²) in [6, 6.07) is 25.2. The minimum absolute atomic E-state index is 0.190. The molecule has 1 heterocycles. The van der Waals surface area contributed by atoms with Gasteiger partial charge in [0.05, 0.1) is 29.8 Å². The van der Waals surface area contributed by atoms with E-state index >= 15 is 0 Å². The van der Waals surface area contributed by atoms with Gasteiger partial charge in [-0.3, -0.25) is 9.52 Å². The smallest absolute Gasteiger partial charge is 0.306 e. The van der Waals surface area contributed by atoms with Gasteiger partial charge in [0.1, 0.15) is 5.82 Å². The van der Waals surface area contributed by atoms with Crippen LogP contribution < -0.4 is 4.72 Å². The van der Waals surface area contributed by atoms with Gasteiger partial charge in [-0.15, -0.1) is 0 Å². The summed E-state index contributed by atoms with van der Waals surface area (Å²) in [5, 5.41) is 0. The van der Waals surface area contributed by atoms with Crippen molar-refractivity contribution < 1.29 is 17.9 Å². The summed E-state index contributed by atoms with van der Waals surface area (Å²) in [6.45, 7) is 2.57. The molecule has 3 aromatic carbocycles. The fourth-order valence-corrected chi connectivity index (χ4v) is 4.62. The number of imidazole rings is 1. The normalized spacial score (nSPS) is 11.4. The van der Waals surface area contributed by atoms with Crippen molar-refractivity contribution >= 4 is 32.7 Å². The SMILES string of the molecule is CCOC(=O)CCS(=O)(=O)Nc1ccc(-c2nc3ccccc3n2Cc2ccccc2)cc1. The van der Waals surface area contributed by atoms with Crippen molar-refractivity contribution in [1.82, 2.24) is 9.55 Å². The number of hydrogen-bond acceptors (Lipinski definition) is 5. The number of para-hydroxylation sites is 2. The minimum Gasteiger partial charge on any atom is -0.466 e. The molecule has 0 radical (unpaired) electrons. The van der Waals surface area contributed by atoms with Crippen LogP contribution in [0.2, 0.25) is 0 Å². The van der Waals surface area contributed by atoms with E-state index < -0.39 is 16.0 Å².